The van der Waals surface area contributed by atoms with Gasteiger partial charge in [0.2, 0.25) is 0 Å². The molecule has 1 spiro atoms. The van der Waals surface area contributed by atoms with Crippen LogP contribution in [0.2, 0.25) is 5.02 Å². The number of amides is 1. The summed E-state index contributed by atoms with van der Waals surface area (Å²) >= 11 is 6.45. The second kappa shape index (κ2) is 8.47. The van der Waals surface area contributed by atoms with Crippen LogP contribution in [0.5, 0.6) is 0 Å². The van der Waals surface area contributed by atoms with Crippen molar-refractivity contribution in [2.45, 2.75) is 38.1 Å². The Morgan fingerprint density at radius 1 is 1.11 bits per heavy atom. The molecule has 154 valence electrons. The summed E-state index contributed by atoms with van der Waals surface area (Å²) in [5, 5.41) is 3.50. The molecular formula is C20H27ClN2O5. The smallest absolute Gasteiger partial charge is 0.262 e. The Kier molecular flexibility index (Phi) is 6.41. The number of carbonyl (C=O) groups excluding carboxylic acids is 2. The zero-order valence-corrected chi connectivity index (χ0v) is 17.5. The topological polar surface area (TPSA) is 68.3 Å². The second-order valence-corrected chi connectivity index (χ2v) is 7.76. The Morgan fingerprint density at radius 3 is 2.36 bits per heavy atom. The van der Waals surface area contributed by atoms with E-state index >= 15 is 0 Å². The second-order valence-electron chi connectivity index (χ2n) is 7.36. The summed E-state index contributed by atoms with van der Waals surface area (Å²) in [5.41, 5.74) is 1.54. The van der Waals surface area contributed by atoms with E-state index in [4.69, 9.17) is 26.0 Å². The van der Waals surface area contributed by atoms with E-state index in [1.807, 2.05) is 19.9 Å². The van der Waals surface area contributed by atoms with Crippen LogP contribution in [0, 0.1) is 13.8 Å². The number of aryl methyl sites for hydroxylation is 2. The molecule has 1 aromatic carbocycles. The highest BCUT2D eigenvalue weighted by Crippen LogP contribution is 2.45. The van der Waals surface area contributed by atoms with Gasteiger partial charge in [0.25, 0.3) is 5.91 Å². The van der Waals surface area contributed by atoms with Crippen molar-refractivity contribution < 1.29 is 24.0 Å². The lowest BCUT2D eigenvalue weighted by molar-refractivity contribution is -0.232. The van der Waals surface area contributed by atoms with Crippen LogP contribution < -0.4 is 0 Å². The van der Waals surface area contributed by atoms with Gasteiger partial charge in [-0.25, -0.2) is 5.06 Å². The van der Waals surface area contributed by atoms with Crippen molar-refractivity contribution in [3.05, 3.63) is 33.8 Å². The maximum Gasteiger partial charge on any atom is 0.262 e. The Balaban J connectivity index is 1.98. The molecule has 7 nitrogen and oxygen atoms in total. The first-order chi connectivity index (χ1) is 13.4. The van der Waals surface area contributed by atoms with Crippen molar-refractivity contribution in [3.8, 4) is 0 Å². The molecule has 2 saturated heterocycles. The van der Waals surface area contributed by atoms with Crippen molar-refractivity contribution in [3.63, 3.8) is 0 Å². The molecule has 0 radical (unpaired) electrons. The lowest BCUT2D eigenvalue weighted by Gasteiger charge is -2.41. The van der Waals surface area contributed by atoms with Crippen molar-refractivity contribution in [2.75, 3.05) is 40.5 Å². The summed E-state index contributed by atoms with van der Waals surface area (Å²) in [5.74, 6) is -1.48. The zero-order chi connectivity index (χ0) is 20.5. The minimum atomic E-state index is -1.01. The van der Waals surface area contributed by atoms with Crippen molar-refractivity contribution in [2.24, 2.45) is 0 Å². The zero-order valence-electron chi connectivity index (χ0n) is 16.8. The third kappa shape index (κ3) is 3.57. The van der Waals surface area contributed by atoms with Gasteiger partial charge in [-0.3, -0.25) is 14.4 Å². The van der Waals surface area contributed by atoms with Gasteiger partial charge in [-0.15, -0.1) is 0 Å². The van der Waals surface area contributed by atoms with E-state index in [1.165, 1.54) is 5.06 Å². The van der Waals surface area contributed by atoms with Crippen molar-refractivity contribution in [1.29, 1.82) is 0 Å². The number of halogens is 1. The minimum Gasteiger partial charge on any atom is -0.382 e. The van der Waals surface area contributed by atoms with E-state index in [0.29, 0.717) is 43.1 Å². The largest absolute Gasteiger partial charge is 0.382 e. The molecule has 3 rings (SSSR count). The first-order valence-electron chi connectivity index (χ1n) is 9.41. The molecule has 2 fully saturated rings. The number of hydrogen-bond acceptors (Lipinski definition) is 6. The fraction of sp³-hybridized carbons (Fsp3) is 0.600. The Morgan fingerprint density at radius 2 is 1.75 bits per heavy atom. The molecule has 1 aromatic rings. The monoisotopic (exact) mass is 410 g/mol. The van der Waals surface area contributed by atoms with Crippen LogP contribution in [0.3, 0.4) is 0 Å². The fourth-order valence-corrected chi connectivity index (χ4v) is 4.32. The number of carbonyl (C=O) groups is 2. The average Bonchev–Trinajstić information content (AvgIpc) is 2.87. The molecule has 0 aromatic heterocycles. The van der Waals surface area contributed by atoms with Crippen LogP contribution >= 0.6 is 11.6 Å². The maximum atomic E-state index is 13.6. The molecule has 1 atom stereocenters. The van der Waals surface area contributed by atoms with Gasteiger partial charge < -0.3 is 9.57 Å². The lowest BCUT2D eigenvalue weighted by atomic mass is 9.80. The van der Waals surface area contributed by atoms with Crippen LogP contribution in [0.1, 0.15) is 35.4 Å². The van der Waals surface area contributed by atoms with E-state index in [1.54, 1.807) is 25.3 Å². The summed E-state index contributed by atoms with van der Waals surface area (Å²) < 4.78 is 5.04. The highest BCUT2D eigenvalue weighted by molar-refractivity contribution is 6.32. The molecule has 0 N–H and O–H groups in total. The van der Waals surface area contributed by atoms with Gasteiger partial charge in [0, 0.05) is 25.2 Å². The standard InChI is InChI=1S/C20H27ClN2O5/c1-13-11-15(16(21)12-14(13)2)17-18(24)20(5-7-22(27-4)8-6-20)23(19(17)25)28-10-9-26-3/h11-12,17H,5-10H2,1-4H3. The summed E-state index contributed by atoms with van der Waals surface area (Å²) in [6.07, 6.45) is 0.884. The quantitative estimate of drug-likeness (QED) is 0.530. The number of Topliss-reactive ketones (excluding diaryl/α,β-unsaturated/α-hetero) is 1. The predicted octanol–water partition coefficient (Wildman–Crippen LogP) is 2.43. The number of hydroxylamine groups is 4. The number of nitrogens with zero attached hydrogens (tertiary/aromatic N) is 2. The van der Waals surface area contributed by atoms with Gasteiger partial charge in [0.05, 0.1) is 20.3 Å². The number of ketones is 1. The molecular weight excluding hydrogens is 384 g/mol. The molecule has 8 heteroatoms. The number of benzene rings is 1. The number of ether oxygens (including phenoxy) is 1. The molecule has 2 heterocycles. The van der Waals surface area contributed by atoms with Gasteiger partial charge in [-0.05, 0) is 49.4 Å². The molecule has 1 amide bonds. The summed E-state index contributed by atoms with van der Waals surface area (Å²) in [7, 11) is 3.16. The summed E-state index contributed by atoms with van der Waals surface area (Å²) in [6, 6.07) is 3.65. The normalized spacial score (nSPS) is 22.5. The highest BCUT2D eigenvalue weighted by Gasteiger charge is 2.61. The number of piperidine rings is 1. The average molecular weight is 411 g/mol. The third-order valence-electron chi connectivity index (χ3n) is 5.80. The molecule has 0 aliphatic carbocycles. The predicted molar refractivity (Wildman–Crippen MR) is 104 cm³/mol. The molecule has 0 bridgehead atoms. The van der Waals surface area contributed by atoms with Gasteiger partial charge in [-0.2, -0.15) is 5.06 Å². The number of methoxy groups -OCH3 is 1. The van der Waals surface area contributed by atoms with Gasteiger partial charge in [-0.1, -0.05) is 17.7 Å². The summed E-state index contributed by atoms with van der Waals surface area (Å²) in [4.78, 5) is 38.0. The third-order valence-corrected chi connectivity index (χ3v) is 6.12. The minimum absolute atomic E-state index is 0.157. The van der Waals surface area contributed by atoms with E-state index in [0.717, 1.165) is 11.1 Å². The first-order valence-corrected chi connectivity index (χ1v) is 9.79. The van der Waals surface area contributed by atoms with Gasteiger partial charge in [0.15, 0.2) is 5.78 Å². The van der Waals surface area contributed by atoms with Crippen molar-refractivity contribution in [1.82, 2.24) is 10.1 Å². The van der Waals surface area contributed by atoms with Gasteiger partial charge >= 0.3 is 0 Å². The maximum absolute atomic E-state index is 13.6. The number of hydrogen-bond donors (Lipinski definition) is 0. The van der Waals surface area contributed by atoms with Crippen LogP contribution in [0.15, 0.2) is 12.1 Å². The van der Waals surface area contributed by atoms with Crippen LogP contribution in [-0.2, 0) is 24.0 Å². The van der Waals surface area contributed by atoms with E-state index < -0.39 is 11.5 Å². The molecule has 2 aliphatic heterocycles. The molecule has 0 saturated carbocycles. The highest BCUT2D eigenvalue weighted by atomic mass is 35.5. The Bertz CT molecular complexity index is 761. The van der Waals surface area contributed by atoms with Gasteiger partial charge in [0.1, 0.15) is 11.5 Å². The van der Waals surface area contributed by atoms with E-state index in [9.17, 15) is 9.59 Å². The fourth-order valence-electron chi connectivity index (χ4n) is 4.00. The van der Waals surface area contributed by atoms with E-state index in [-0.39, 0.29) is 18.3 Å². The van der Waals surface area contributed by atoms with Crippen LogP contribution in [-0.4, -0.2) is 67.9 Å². The Labute approximate surface area is 170 Å². The Hall–Kier alpha value is -1.51. The van der Waals surface area contributed by atoms with Crippen LogP contribution in [0.4, 0.5) is 0 Å². The van der Waals surface area contributed by atoms with Crippen molar-refractivity contribution >= 4 is 23.3 Å². The van der Waals surface area contributed by atoms with E-state index in [2.05, 4.69) is 0 Å². The molecule has 1 unspecified atom stereocenters. The van der Waals surface area contributed by atoms with Crippen LogP contribution in [0.25, 0.3) is 0 Å². The first kappa shape index (κ1) is 21.2. The number of rotatable bonds is 6. The SMILES string of the molecule is COCCON1C(=O)C(c2cc(C)c(C)cc2Cl)C(=O)C12CCN(OC)CC2. The molecule has 28 heavy (non-hydrogen) atoms. The molecule has 2 aliphatic rings. The summed E-state index contributed by atoms with van der Waals surface area (Å²) in [6.45, 7) is 5.48. The lowest BCUT2D eigenvalue weighted by Crippen LogP contribution is -2.56.